The topological polar surface area (TPSA) is 0 Å². The van der Waals surface area contributed by atoms with E-state index in [1.54, 1.807) is 6.08 Å². The van der Waals surface area contributed by atoms with Gasteiger partial charge in [-0.15, -0.1) is 0 Å². The standard InChI is InChI=1S/C58H60/c1-11-21-50(41(6)13-3)54-26-19-20-27-56(54)58(10)37-36-53(48-33-31-47(32-34-48)42(7)28-30-46(14-4)40(5)12-2)55-39-45(29-35-57(55)58)38-49-23-16-18-25-52(44(49)9)51-24-17-15-22-43(51)8/h11-36,39,49,55,57H,2-5,37-38H2,1,6-10H3/b21-11-,42-28+,46-30-,50-41+. The van der Waals surface area contributed by atoms with Crippen molar-refractivity contribution < 1.29 is 0 Å². The Kier molecular flexibility index (Phi) is 13.3. The van der Waals surface area contributed by atoms with Crippen LogP contribution in [0, 0.1) is 24.7 Å². The molecule has 4 unspecified atom stereocenters. The molecule has 0 aromatic heterocycles. The first-order valence-electron chi connectivity index (χ1n) is 20.7. The van der Waals surface area contributed by atoms with Gasteiger partial charge in [-0.1, -0.05) is 208 Å². The van der Waals surface area contributed by atoms with Gasteiger partial charge in [-0.3, -0.25) is 0 Å². The van der Waals surface area contributed by atoms with Crippen molar-refractivity contribution in [3.8, 4) is 0 Å². The largest absolute Gasteiger partial charge is 0.0988 e. The predicted molar refractivity (Wildman–Crippen MR) is 256 cm³/mol. The zero-order valence-corrected chi connectivity index (χ0v) is 35.6. The number of aryl methyl sites for hydroxylation is 1. The van der Waals surface area contributed by atoms with E-state index in [1.807, 2.05) is 12.2 Å². The van der Waals surface area contributed by atoms with Crippen molar-refractivity contribution in [2.75, 3.05) is 0 Å². The molecule has 0 saturated carbocycles. The molecule has 0 saturated heterocycles. The van der Waals surface area contributed by atoms with Crippen molar-refractivity contribution >= 4 is 22.3 Å². The highest BCUT2D eigenvalue weighted by Gasteiger charge is 2.44. The van der Waals surface area contributed by atoms with Crippen LogP contribution in [0.2, 0.25) is 0 Å². The van der Waals surface area contributed by atoms with Crippen LogP contribution in [0.1, 0.15) is 80.8 Å². The minimum atomic E-state index is -0.137. The second kappa shape index (κ2) is 18.5. The molecule has 3 aliphatic rings. The normalized spacial score (nSPS) is 22.5. The molecule has 3 aromatic rings. The first kappa shape index (κ1) is 41.6. The van der Waals surface area contributed by atoms with E-state index in [1.165, 1.54) is 72.4 Å². The summed E-state index contributed by atoms with van der Waals surface area (Å²) >= 11 is 0. The molecular weight excluding hydrogens is 697 g/mol. The number of benzene rings is 3. The Labute approximate surface area is 349 Å². The third-order valence-electron chi connectivity index (χ3n) is 12.6. The van der Waals surface area contributed by atoms with E-state index in [2.05, 4.69) is 214 Å². The minimum Gasteiger partial charge on any atom is -0.0988 e. The summed E-state index contributed by atoms with van der Waals surface area (Å²) in [5, 5.41) is 0. The van der Waals surface area contributed by atoms with E-state index >= 15 is 0 Å². The SMILES string of the molecule is C=CC(=C)/C(C=C)=C\C=C(/C)c1ccc(C2=CCC(C)(c3ccccc3C(/C=C\C)=C(\C)C=C)C3C=CC(CC4C=CC=CC(c5ccccc5C)=C4C)=CC23)cc1. The molecule has 0 fully saturated rings. The van der Waals surface area contributed by atoms with Crippen LogP contribution >= 0.6 is 0 Å². The summed E-state index contributed by atoms with van der Waals surface area (Å²) in [5.41, 5.74) is 18.6. The van der Waals surface area contributed by atoms with E-state index in [0.29, 0.717) is 5.92 Å². The van der Waals surface area contributed by atoms with Crippen molar-refractivity contribution in [2.24, 2.45) is 17.8 Å². The number of allylic oxidation sites excluding steroid dienone is 24. The van der Waals surface area contributed by atoms with E-state index in [0.717, 1.165) is 24.0 Å². The van der Waals surface area contributed by atoms with E-state index < -0.39 is 0 Å². The fourth-order valence-corrected chi connectivity index (χ4v) is 9.02. The average Bonchev–Trinajstić information content (AvgIpc) is 3.43. The van der Waals surface area contributed by atoms with Gasteiger partial charge in [-0.05, 0) is 126 Å². The summed E-state index contributed by atoms with van der Waals surface area (Å²) in [6.45, 7) is 29.5. The van der Waals surface area contributed by atoms with Crippen LogP contribution in [0.4, 0.5) is 0 Å². The summed E-state index contributed by atoms with van der Waals surface area (Å²) in [7, 11) is 0. The number of rotatable bonds is 13. The molecule has 0 bridgehead atoms. The summed E-state index contributed by atoms with van der Waals surface area (Å²) in [5.74, 6) is 0.768. The van der Waals surface area contributed by atoms with Gasteiger partial charge in [0, 0.05) is 17.3 Å². The molecule has 0 heteroatoms. The van der Waals surface area contributed by atoms with Crippen molar-refractivity contribution in [1.29, 1.82) is 0 Å². The molecule has 0 N–H and O–H groups in total. The Hall–Kier alpha value is -5.98. The molecule has 3 aromatic carbocycles. The summed E-state index contributed by atoms with van der Waals surface area (Å²) < 4.78 is 0. The molecule has 0 aliphatic heterocycles. The molecule has 6 rings (SSSR count). The van der Waals surface area contributed by atoms with Crippen LogP contribution in [0.25, 0.3) is 22.3 Å². The zero-order valence-electron chi connectivity index (χ0n) is 35.6. The first-order valence-corrected chi connectivity index (χ1v) is 20.7. The van der Waals surface area contributed by atoms with Crippen LogP contribution < -0.4 is 0 Å². The number of hydrogen-bond donors (Lipinski definition) is 0. The molecule has 0 radical (unpaired) electrons. The molecule has 4 atom stereocenters. The van der Waals surface area contributed by atoms with Gasteiger partial charge in [0.15, 0.2) is 0 Å². The highest BCUT2D eigenvalue weighted by Crippen LogP contribution is 2.53. The molecular formula is C58H60. The van der Waals surface area contributed by atoms with Gasteiger partial charge >= 0.3 is 0 Å². The fourth-order valence-electron chi connectivity index (χ4n) is 9.02. The van der Waals surface area contributed by atoms with Gasteiger partial charge in [-0.25, -0.2) is 0 Å². The maximum absolute atomic E-state index is 4.15. The van der Waals surface area contributed by atoms with Crippen molar-refractivity contribution in [3.63, 3.8) is 0 Å². The van der Waals surface area contributed by atoms with Crippen molar-refractivity contribution in [3.05, 3.63) is 251 Å². The lowest BCUT2D eigenvalue weighted by Crippen LogP contribution is -2.40. The third kappa shape index (κ3) is 8.63. The number of fused-ring (bicyclic) bond motifs is 1. The summed E-state index contributed by atoms with van der Waals surface area (Å²) in [6.07, 6.45) is 35.3. The van der Waals surface area contributed by atoms with Crippen LogP contribution in [0.5, 0.6) is 0 Å². The van der Waals surface area contributed by atoms with Crippen LogP contribution in [0.15, 0.2) is 218 Å². The lowest BCUT2D eigenvalue weighted by atomic mass is 9.57. The van der Waals surface area contributed by atoms with E-state index in [4.69, 9.17) is 0 Å². The Balaban J connectivity index is 1.43. The minimum absolute atomic E-state index is 0.137. The second-order valence-electron chi connectivity index (χ2n) is 16.2. The van der Waals surface area contributed by atoms with Crippen LogP contribution in [-0.4, -0.2) is 0 Å². The zero-order chi connectivity index (χ0) is 41.4. The van der Waals surface area contributed by atoms with Gasteiger partial charge in [0.05, 0.1) is 0 Å². The number of hydrogen-bond acceptors (Lipinski definition) is 0. The van der Waals surface area contributed by atoms with Gasteiger partial charge in [-0.2, -0.15) is 0 Å². The van der Waals surface area contributed by atoms with Gasteiger partial charge < -0.3 is 0 Å². The maximum atomic E-state index is 4.15. The quantitative estimate of drug-likeness (QED) is 0.152. The van der Waals surface area contributed by atoms with Gasteiger partial charge in [0.1, 0.15) is 0 Å². The molecule has 0 nitrogen and oxygen atoms in total. The Morgan fingerprint density at radius 3 is 2.28 bits per heavy atom. The monoisotopic (exact) mass is 756 g/mol. The molecule has 292 valence electrons. The lowest BCUT2D eigenvalue weighted by Gasteiger charge is -2.47. The van der Waals surface area contributed by atoms with Gasteiger partial charge in [0.25, 0.3) is 0 Å². The Morgan fingerprint density at radius 1 is 0.828 bits per heavy atom. The van der Waals surface area contributed by atoms with Gasteiger partial charge in [0.2, 0.25) is 0 Å². The predicted octanol–water partition coefficient (Wildman–Crippen LogP) is 15.9. The molecule has 0 spiro atoms. The molecule has 0 heterocycles. The van der Waals surface area contributed by atoms with Crippen molar-refractivity contribution in [2.45, 2.75) is 59.8 Å². The third-order valence-corrected chi connectivity index (χ3v) is 12.6. The summed E-state index contributed by atoms with van der Waals surface area (Å²) in [6, 6.07) is 27.0. The van der Waals surface area contributed by atoms with Crippen LogP contribution in [-0.2, 0) is 5.41 Å². The van der Waals surface area contributed by atoms with Crippen molar-refractivity contribution in [1.82, 2.24) is 0 Å². The smallest absolute Gasteiger partial charge is 0.00980 e. The molecule has 58 heavy (non-hydrogen) atoms. The molecule has 3 aliphatic carbocycles. The molecule has 0 amide bonds. The van der Waals surface area contributed by atoms with E-state index in [9.17, 15) is 0 Å². The maximum Gasteiger partial charge on any atom is 0.00980 e. The van der Waals surface area contributed by atoms with Crippen LogP contribution in [0.3, 0.4) is 0 Å². The average molecular weight is 757 g/mol. The lowest BCUT2D eigenvalue weighted by molar-refractivity contribution is 0.300. The first-order chi connectivity index (χ1) is 28.0. The van der Waals surface area contributed by atoms with E-state index in [-0.39, 0.29) is 17.3 Å². The Morgan fingerprint density at radius 2 is 1.57 bits per heavy atom. The Bertz CT molecular complexity index is 2410. The second-order valence-corrected chi connectivity index (χ2v) is 16.2. The highest BCUT2D eigenvalue weighted by atomic mass is 14.5. The fraction of sp³-hybridized carbons (Fsp3) is 0.207. The highest BCUT2D eigenvalue weighted by molar-refractivity contribution is 5.82. The summed E-state index contributed by atoms with van der Waals surface area (Å²) in [4.78, 5) is 0.